The number of amides is 1. The lowest BCUT2D eigenvalue weighted by Gasteiger charge is -2.05. The van der Waals surface area contributed by atoms with Crippen molar-refractivity contribution in [2.75, 3.05) is 5.32 Å². The molecule has 3 rings (SSSR count). The molecule has 0 aliphatic heterocycles. The number of nitrogens with one attached hydrogen (secondary N) is 1. The number of hydrogen-bond acceptors (Lipinski definition) is 3. The van der Waals surface area contributed by atoms with Gasteiger partial charge in [0.15, 0.2) is 0 Å². The van der Waals surface area contributed by atoms with Gasteiger partial charge in [0.25, 0.3) is 5.91 Å². The number of carbonyl (C=O) groups is 1. The van der Waals surface area contributed by atoms with E-state index in [1.165, 1.54) is 0 Å². The number of hydrogen-bond donors (Lipinski definition) is 1. The summed E-state index contributed by atoms with van der Waals surface area (Å²) in [5.41, 5.74) is 2.87. The molecule has 3 aromatic carbocycles. The molecule has 0 unspecified atom stereocenters. The quantitative estimate of drug-likeness (QED) is 0.648. The maximum Gasteiger partial charge on any atom is 0.255 e. The van der Waals surface area contributed by atoms with Gasteiger partial charge in [-0.3, -0.25) is 4.79 Å². The zero-order valence-corrected chi connectivity index (χ0v) is 12.4. The van der Waals surface area contributed by atoms with Gasteiger partial charge in [-0.05, 0) is 48.5 Å². The van der Waals surface area contributed by atoms with Crippen molar-refractivity contribution in [3.05, 3.63) is 90.5 Å². The minimum Gasteiger partial charge on any atom is -0.322 e. The van der Waals surface area contributed by atoms with Crippen LogP contribution in [0.25, 0.3) is 0 Å². The van der Waals surface area contributed by atoms with Crippen molar-refractivity contribution in [3.63, 3.8) is 0 Å². The van der Waals surface area contributed by atoms with Gasteiger partial charge in [-0.1, -0.05) is 36.4 Å². The summed E-state index contributed by atoms with van der Waals surface area (Å²) in [5, 5.41) is 11.2. The van der Waals surface area contributed by atoms with Crippen molar-refractivity contribution < 1.29 is 4.79 Å². The first-order valence-electron chi connectivity index (χ1n) is 7.24. The van der Waals surface area contributed by atoms with E-state index in [1.54, 1.807) is 24.3 Å². The molecule has 0 radical (unpaired) electrons. The van der Waals surface area contributed by atoms with Crippen LogP contribution in [0.5, 0.6) is 0 Å². The summed E-state index contributed by atoms with van der Waals surface area (Å²) >= 11 is 0. The highest BCUT2D eigenvalue weighted by Crippen LogP contribution is 2.20. The SMILES string of the molecule is O=C(Nc1ccc(N=Nc2ccccc2)cc1)c1ccccc1. The predicted molar refractivity (Wildman–Crippen MR) is 91.5 cm³/mol. The predicted octanol–water partition coefficient (Wildman–Crippen LogP) is 5.35. The van der Waals surface area contributed by atoms with Crippen LogP contribution in [0.15, 0.2) is 95.2 Å². The number of anilines is 1. The Morgan fingerprint density at radius 2 is 1.17 bits per heavy atom. The molecule has 0 heterocycles. The van der Waals surface area contributed by atoms with Crippen molar-refractivity contribution in [1.29, 1.82) is 0 Å². The molecule has 4 nitrogen and oxygen atoms in total. The smallest absolute Gasteiger partial charge is 0.255 e. The number of nitrogens with zero attached hydrogens (tertiary/aromatic N) is 2. The Bertz CT molecular complexity index is 797. The van der Waals surface area contributed by atoms with Gasteiger partial charge in [0, 0.05) is 11.3 Å². The molecular weight excluding hydrogens is 286 g/mol. The van der Waals surface area contributed by atoms with E-state index in [0.29, 0.717) is 5.56 Å². The van der Waals surface area contributed by atoms with Gasteiger partial charge in [-0.2, -0.15) is 10.2 Å². The molecular formula is C19H15N3O. The minimum absolute atomic E-state index is 0.135. The van der Waals surface area contributed by atoms with Crippen molar-refractivity contribution in [2.45, 2.75) is 0 Å². The fourth-order valence-corrected chi connectivity index (χ4v) is 2.01. The Balaban J connectivity index is 1.65. The van der Waals surface area contributed by atoms with Crippen molar-refractivity contribution >= 4 is 23.0 Å². The molecule has 4 heteroatoms. The molecule has 0 aromatic heterocycles. The molecule has 0 aliphatic carbocycles. The lowest BCUT2D eigenvalue weighted by molar-refractivity contribution is 0.102. The summed E-state index contributed by atoms with van der Waals surface area (Å²) < 4.78 is 0. The van der Waals surface area contributed by atoms with Crippen molar-refractivity contribution in [2.24, 2.45) is 10.2 Å². The minimum atomic E-state index is -0.135. The molecule has 23 heavy (non-hydrogen) atoms. The molecule has 0 aliphatic rings. The highest BCUT2D eigenvalue weighted by atomic mass is 16.1. The fraction of sp³-hybridized carbons (Fsp3) is 0. The van der Waals surface area contributed by atoms with Crippen LogP contribution in [0.4, 0.5) is 17.1 Å². The van der Waals surface area contributed by atoms with Crippen LogP contribution in [0, 0.1) is 0 Å². The standard InChI is InChI=1S/C19H15N3O/c23-19(15-7-3-1-4-8-15)20-16-11-13-18(14-12-16)22-21-17-9-5-2-6-10-17/h1-14H,(H,20,23). The van der Waals surface area contributed by atoms with E-state index in [-0.39, 0.29) is 5.91 Å². The van der Waals surface area contributed by atoms with E-state index < -0.39 is 0 Å². The summed E-state index contributed by atoms with van der Waals surface area (Å²) in [5.74, 6) is -0.135. The molecule has 3 aromatic rings. The van der Waals surface area contributed by atoms with Crippen LogP contribution in [-0.4, -0.2) is 5.91 Å². The van der Waals surface area contributed by atoms with Gasteiger partial charge >= 0.3 is 0 Å². The Hall–Kier alpha value is -3.27. The number of benzene rings is 3. The molecule has 0 fully saturated rings. The first-order chi connectivity index (χ1) is 11.3. The molecule has 112 valence electrons. The molecule has 0 spiro atoms. The second kappa shape index (κ2) is 7.13. The highest BCUT2D eigenvalue weighted by molar-refractivity contribution is 6.04. The van der Waals surface area contributed by atoms with Crippen molar-refractivity contribution in [1.82, 2.24) is 0 Å². The third kappa shape index (κ3) is 4.11. The summed E-state index contributed by atoms with van der Waals surface area (Å²) in [6.45, 7) is 0. The summed E-state index contributed by atoms with van der Waals surface area (Å²) in [6.07, 6.45) is 0. The lowest BCUT2D eigenvalue weighted by Crippen LogP contribution is -2.11. The van der Waals surface area contributed by atoms with Crippen LogP contribution in [0.2, 0.25) is 0 Å². The number of carbonyl (C=O) groups excluding carboxylic acids is 1. The zero-order valence-electron chi connectivity index (χ0n) is 12.4. The largest absolute Gasteiger partial charge is 0.322 e. The lowest BCUT2D eigenvalue weighted by atomic mass is 10.2. The number of rotatable bonds is 4. The Morgan fingerprint density at radius 3 is 1.78 bits per heavy atom. The molecule has 0 saturated heterocycles. The average Bonchev–Trinajstić information content (AvgIpc) is 2.63. The second-order valence-electron chi connectivity index (χ2n) is 4.90. The van der Waals surface area contributed by atoms with E-state index in [1.807, 2.05) is 60.7 Å². The molecule has 1 N–H and O–H groups in total. The van der Waals surface area contributed by atoms with Crippen LogP contribution in [0.1, 0.15) is 10.4 Å². The highest BCUT2D eigenvalue weighted by Gasteiger charge is 2.04. The van der Waals surface area contributed by atoms with E-state index >= 15 is 0 Å². The van der Waals surface area contributed by atoms with Gasteiger partial charge < -0.3 is 5.32 Å². The van der Waals surface area contributed by atoms with Gasteiger partial charge in [0.2, 0.25) is 0 Å². The Kier molecular flexibility index (Phi) is 4.55. The van der Waals surface area contributed by atoms with Gasteiger partial charge in [0.05, 0.1) is 11.4 Å². The maximum absolute atomic E-state index is 12.1. The van der Waals surface area contributed by atoms with Gasteiger partial charge in [0.1, 0.15) is 0 Å². The summed E-state index contributed by atoms with van der Waals surface area (Å²) in [4.78, 5) is 12.1. The first kappa shape index (κ1) is 14.7. The third-order valence-electron chi connectivity index (χ3n) is 3.20. The van der Waals surface area contributed by atoms with Crippen LogP contribution < -0.4 is 5.32 Å². The maximum atomic E-state index is 12.1. The Morgan fingerprint density at radius 1 is 0.652 bits per heavy atom. The molecule has 0 atom stereocenters. The van der Waals surface area contributed by atoms with Gasteiger partial charge in [-0.15, -0.1) is 0 Å². The van der Waals surface area contributed by atoms with Crippen LogP contribution in [-0.2, 0) is 0 Å². The van der Waals surface area contributed by atoms with Gasteiger partial charge in [-0.25, -0.2) is 0 Å². The summed E-state index contributed by atoms with van der Waals surface area (Å²) in [6, 6.07) is 25.9. The van der Waals surface area contributed by atoms with E-state index in [4.69, 9.17) is 0 Å². The zero-order chi connectivity index (χ0) is 15.9. The fourth-order valence-electron chi connectivity index (χ4n) is 2.01. The topological polar surface area (TPSA) is 53.8 Å². The van der Waals surface area contributed by atoms with E-state index in [9.17, 15) is 4.79 Å². The van der Waals surface area contributed by atoms with E-state index in [0.717, 1.165) is 17.1 Å². The van der Waals surface area contributed by atoms with Crippen molar-refractivity contribution in [3.8, 4) is 0 Å². The molecule has 0 bridgehead atoms. The average molecular weight is 301 g/mol. The monoisotopic (exact) mass is 301 g/mol. The van der Waals surface area contributed by atoms with Crippen LogP contribution in [0.3, 0.4) is 0 Å². The third-order valence-corrected chi connectivity index (χ3v) is 3.20. The van der Waals surface area contributed by atoms with Crippen LogP contribution >= 0.6 is 0 Å². The first-order valence-corrected chi connectivity index (χ1v) is 7.24. The second-order valence-corrected chi connectivity index (χ2v) is 4.90. The molecule has 1 amide bonds. The Labute approximate surface area is 134 Å². The van der Waals surface area contributed by atoms with E-state index in [2.05, 4.69) is 15.5 Å². The summed E-state index contributed by atoms with van der Waals surface area (Å²) in [7, 11) is 0. The normalized spacial score (nSPS) is 10.6. The number of azo groups is 1. The molecule has 0 saturated carbocycles.